The second-order valence-electron chi connectivity index (χ2n) is 12.2. The fourth-order valence-corrected chi connectivity index (χ4v) is 8.86. The summed E-state index contributed by atoms with van der Waals surface area (Å²) >= 11 is 0. The fourth-order valence-electron chi connectivity index (χ4n) is 8.86. The van der Waals surface area contributed by atoms with Crippen LogP contribution in [-0.2, 0) is 0 Å². The summed E-state index contributed by atoms with van der Waals surface area (Å²) in [4.78, 5) is 0. The Morgan fingerprint density at radius 3 is 2.48 bits per heavy atom. The van der Waals surface area contributed by atoms with Crippen molar-refractivity contribution in [1.29, 1.82) is 0 Å². The summed E-state index contributed by atoms with van der Waals surface area (Å²) in [6.45, 7) is 9.18. The molecule has 2 N–H and O–H groups in total. The lowest BCUT2D eigenvalue weighted by molar-refractivity contribution is -0.0514. The highest BCUT2D eigenvalue weighted by Gasteiger charge is 2.58. The molecule has 0 spiro atoms. The molecule has 0 aliphatic heterocycles. The molecule has 5 aliphatic rings. The van der Waals surface area contributed by atoms with Gasteiger partial charge in [0.1, 0.15) is 0 Å². The first-order valence-corrected chi connectivity index (χ1v) is 14.0. The molecule has 2 heteroatoms. The first-order chi connectivity index (χ1) is 14.9. The smallest absolute Gasteiger partial charge is 0.0577 e. The van der Waals surface area contributed by atoms with Gasteiger partial charge < -0.3 is 10.2 Å². The van der Waals surface area contributed by atoms with E-state index in [0.717, 1.165) is 42.9 Å². The Balaban J connectivity index is 0.00000112. The van der Waals surface area contributed by atoms with Crippen molar-refractivity contribution in [3.8, 4) is 0 Å². The van der Waals surface area contributed by atoms with Gasteiger partial charge in [-0.3, -0.25) is 0 Å². The van der Waals surface area contributed by atoms with Gasteiger partial charge in [-0.1, -0.05) is 52.2 Å². The molecule has 5 aliphatic carbocycles. The van der Waals surface area contributed by atoms with Gasteiger partial charge in [0.15, 0.2) is 0 Å². The van der Waals surface area contributed by atoms with E-state index in [1.165, 1.54) is 70.6 Å². The highest BCUT2D eigenvalue weighted by Crippen LogP contribution is 2.66. The minimum Gasteiger partial charge on any atom is -0.393 e. The number of allylic oxidation sites excluding steroid dienone is 1. The van der Waals surface area contributed by atoms with Gasteiger partial charge in [0, 0.05) is 0 Å². The molecule has 0 bridgehead atoms. The summed E-state index contributed by atoms with van der Waals surface area (Å²) in [6, 6.07) is 0. The van der Waals surface area contributed by atoms with Crippen molar-refractivity contribution in [1.82, 2.24) is 0 Å². The molecule has 4 saturated carbocycles. The largest absolute Gasteiger partial charge is 0.393 e. The molecule has 8 atom stereocenters. The maximum absolute atomic E-state index is 10.4. The summed E-state index contributed by atoms with van der Waals surface area (Å²) in [5, 5.41) is 20.6. The second-order valence-corrected chi connectivity index (χ2v) is 12.2. The normalized spacial score (nSPS) is 45.2. The Labute approximate surface area is 192 Å². The van der Waals surface area contributed by atoms with Crippen LogP contribution in [0.25, 0.3) is 0 Å². The van der Waals surface area contributed by atoms with Crippen LogP contribution in [0, 0.1) is 40.4 Å². The van der Waals surface area contributed by atoms with Crippen LogP contribution in [-0.4, -0.2) is 22.4 Å². The molecule has 0 heterocycles. The highest BCUT2D eigenvalue weighted by atomic mass is 16.3. The summed E-state index contributed by atoms with van der Waals surface area (Å²) in [5.41, 5.74) is 2.51. The Hall–Kier alpha value is -0.340. The highest BCUT2D eigenvalue weighted by molar-refractivity contribution is 5.25. The molecule has 0 amide bonds. The van der Waals surface area contributed by atoms with E-state index < -0.39 is 0 Å². The van der Waals surface area contributed by atoms with Crippen LogP contribution in [0.3, 0.4) is 0 Å². The Kier molecular flexibility index (Phi) is 7.29. The van der Waals surface area contributed by atoms with Crippen molar-refractivity contribution >= 4 is 0 Å². The summed E-state index contributed by atoms with van der Waals surface area (Å²) in [6.07, 6.45) is 20.0. The molecule has 0 radical (unpaired) electrons. The topological polar surface area (TPSA) is 40.5 Å². The lowest BCUT2D eigenvalue weighted by Gasteiger charge is -2.58. The van der Waals surface area contributed by atoms with Crippen LogP contribution in [0.15, 0.2) is 11.6 Å². The Bertz CT molecular complexity index is 637. The quantitative estimate of drug-likeness (QED) is 0.450. The average Bonchev–Trinajstić information content (AvgIpc) is 3.05. The van der Waals surface area contributed by atoms with E-state index in [9.17, 15) is 10.2 Å². The van der Waals surface area contributed by atoms with Crippen LogP contribution in [0.1, 0.15) is 118 Å². The van der Waals surface area contributed by atoms with Crippen LogP contribution in [0.5, 0.6) is 0 Å². The van der Waals surface area contributed by atoms with Crippen molar-refractivity contribution in [2.24, 2.45) is 40.4 Å². The SMILES string of the molecule is CC.C[C@]12CC[C@H](O)CC1=CCC1C2CC[C@@]2(C)C1CC[C@@H]2CCCC(O)C1CCC1. The van der Waals surface area contributed by atoms with Gasteiger partial charge in [0.2, 0.25) is 0 Å². The second kappa shape index (κ2) is 9.49. The van der Waals surface area contributed by atoms with E-state index in [0.29, 0.717) is 16.7 Å². The number of hydrogen-bond acceptors (Lipinski definition) is 2. The molecule has 31 heavy (non-hydrogen) atoms. The van der Waals surface area contributed by atoms with E-state index in [1.807, 2.05) is 13.8 Å². The van der Waals surface area contributed by atoms with Crippen molar-refractivity contribution in [2.45, 2.75) is 130 Å². The lowest BCUT2D eigenvalue weighted by atomic mass is 9.47. The molecule has 2 nitrogen and oxygen atoms in total. The van der Waals surface area contributed by atoms with Crippen LogP contribution in [0.2, 0.25) is 0 Å². The van der Waals surface area contributed by atoms with Gasteiger partial charge in [0.05, 0.1) is 12.2 Å². The molecule has 0 aromatic rings. The van der Waals surface area contributed by atoms with E-state index in [4.69, 9.17) is 0 Å². The zero-order valence-corrected chi connectivity index (χ0v) is 20.9. The van der Waals surface area contributed by atoms with E-state index >= 15 is 0 Å². The van der Waals surface area contributed by atoms with Crippen LogP contribution >= 0.6 is 0 Å². The minimum absolute atomic E-state index is 0.0204. The van der Waals surface area contributed by atoms with Crippen molar-refractivity contribution < 1.29 is 10.2 Å². The summed E-state index contributed by atoms with van der Waals surface area (Å²) < 4.78 is 0. The van der Waals surface area contributed by atoms with Gasteiger partial charge in [0.25, 0.3) is 0 Å². The van der Waals surface area contributed by atoms with Gasteiger partial charge in [-0.25, -0.2) is 0 Å². The third-order valence-corrected chi connectivity index (χ3v) is 11.0. The van der Waals surface area contributed by atoms with Crippen molar-refractivity contribution in [3.63, 3.8) is 0 Å². The third-order valence-electron chi connectivity index (χ3n) is 11.0. The van der Waals surface area contributed by atoms with Gasteiger partial charge in [-0.05, 0) is 117 Å². The molecular weight excluding hydrogens is 380 g/mol. The van der Waals surface area contributed by atoms with E-state index in [1.54, 1.807) is 5.57 Å². The molecule has 178 valence electrons. The predicted molar refractivity (Wildman–Crippen MR) is 130 cm³/mol. The predicted octanol–water partition coefficient (Wildman–Crippen LogP) is 7.28. The molecule has 0 saturated heterocycles. The molecular formula is C29H50O2. The van der Waals surface area contributed by atoms with E-state index in [2.05, 4.69) is 19.9 Å². The Morgan fingerprint density at radius 1 is 1.00 bits per heavy atom. The number of rotatable bonds is 5. The monoisotopic (exact) mass is 430 g/mol. The summed E-state index contributed by atoms with van der Waals surface area (Å²) in [5.74, 6) is 4.14. The lowest BCUT2D eigenvalue weighted by Crippen LogP contribution is -2.50. The third kappa shape index (κ3) is 4.18. The molecule has 0 aromatic heterocycles. The molecule has 4 unspecified atom stereocenters. The standard InChI is InChI=1S/C27H44O2.C2H6/c1-26-16-14-24-22(11-9-20-17-21(28)13-15-27(20,24)2)23(26)12-10-19(26)7-4-8-25(29)18-5-3-6-18;1-2/h9,18-19,21-25,28-29H,3-8,10-17H2,1-2H3;1-2H3/t19-,21-,22?,23?,24?,25?,26+,27-;/m0./s1. The summed E-state index contributed by atoms with van der Waals surface area (Å²) in [7, 11) is 0. The fraction of sp³-hybridized carbons (Fsp3) is 0.931. The maximum Gasteiger partial charge on any atom is 0.0577 e. The number of aliphatic hydroxyl groups excluding tert-OH is 2. The number of fused-ring (bicyclic) bond motifs is 5. The first-order valence-electron chi connectivity index (χ1n) is 14.0. The average molecular weight is 431 g/mol. The maximum atomic E-state index is 10.4. The van der Waals surface area contributed by atoms with Crippen LogP contribution < -0.4 is 0 Å². The molecule has 4 fully saturated rings. The van der Waals surface area contributed by atoms with E-state index in [-0.39, 0.29) is 12.2 Å². The Morgan fingerprint density at radius 2 is 1.77 bits per heavy atom. The van der Waals surface area contributed by atoms with Crippen molar-refractivity contribution in [2.75, 3.05) is 0 Å². The number of hydrogen-bond donors (Lipinski definition) is 2. The number of aliphatic hydroxyl groups is 2. The van der Waals surface area contributed by atoms with Gasteiger partial charge in [-0.2, -0.15) is 0 Å². The zero-order chi connectivity index (χ0) is 22.2. The van der Waals surface area contributed by atoms with Crippen LogP contribution in [0.4, 0.5) is 0 Å². The zero-order valence-electron chi connectivity index (χ0n) is 20.9. The molecule has 0 aromatic carbocycles. The van der Waals surface area contributed by atoms with Gasteiger partial charge >= 0.3 is 0 Å². The minimum atomic E-state index is -0.0918. The molecule has 5 rings (SSSR count). The van der Waals surface area contributed by atoms with Crippen molar-refractivity contribution in [3.05, 3.63) is 11.6 Å². The first kappa shape index (κ1) is 23.8. The van der Waals surface area contributed by atoms with Gasteiger partial charge in [-0.15, -0.1) is 0 Å².